The third-order valence-electron chi connectivity index (χ3n) is 1.77. The van der Waals surface area contributed by atoms with Crippen LogP contribution in [-0.2, 0) is 0 Å². The molecule has 0 aromatic heterocycles. The average molecular weight is 265 g/mol. The van der Waals surface area contributed by atoms with Crippen LogP contribution in [0.4, 0.5) is 0 Å². The van der Waals surface area contributed by atoms with Gasteiger partial charge in [0.15, 0.2) is 0 Å². The van der Waals surface area contributed by atoms with Crippen LogP contribution in [0.25, 0.3) is 0 Å². The highest BCUT2D eigenvalue weighted by Gasteiger charge is 2.06. The van der Waals surface area contributed by atoms with Gasteiger partial charge in [-0.25, -0.2) is 0 Å². The van der Waals surface area contributed by atoms with E-state index in [0.29, 0.717) is 5.88 Å². The summed E-state index contributed by atoms with van der Waals surface area (Å²) in [6.07, 6.45) is 0. The van der Waals surface area contributed by atoms with Gasteiger partial charge in [-0.15, -0.1) is 11.6 Å². The highest BCUT2D eigenvalue weighted by atomic mass is 79.9. The lowest BCUT2D eigenvalue weighted by Crippen LogP contribution is -2.11. The maximum absolute atomic E-state index is 5.76. The molecule has 0 aliphatic rings. The van der Waals surface area contributed by atoms with Crippen molar-refractivity contribution in [2.45, 2.75) is 6.04 Å². The summed E-state index contributed by atoms with van der Waals surface area (Å²) in [6.45, 7) is 0. The summed E-state index contributed by atoms with van der Waals surface area (Å²) in [6, 6.07) is 5.58. The smallest absolute Gasteiger partial charge is 0.133 e. The van der Waals surface area contributed by atoms with Crippen molar-refractivity contribution in [1.29, 1.82) is 0 Å². The molecule has 72 valence electrons. The molecule has 2 N–H and O–H groups in total. The third kappa shape index (κ3) is 2.59. The first-order valence-corrected chi connectivity index (χ1v) is 5.16. The van der Waals surface area contributed by atoms with E-state index in [1.165, 1.54) is 0 Å². The minimum Gasteiger partial charge on any atom is -0.496 e. The van der Waals surface area contributed by atoms with E-state index in [1.54, 1.807) is 7.11 Å². The molecule has 1 aromatic rings. The minimum atomic E-state index is -0.121. The van der Waals surface area contributed by atoms with Gasteiger partial charge in [-0.3, -0.25) is 0 Å². The van der Waals surface area contributed by atoms with Gasteiger partial charge in [0.1, 0.15) is 5.75 Å². The molecule has 0 aliphatic carbocycles. The Labute approximate surface area is 91.2 Å². The van der Waals surface area contributed by atoms with Crippen molar-refractivity contribution in [3.8, 4) is 5.75 Å². The van der Waals surface area contributed by atoms with Gasteiger partial charge in [0.2, 0.25) is 0 Å². The second kappa shape index (κ2) is 4.84. The number of rotatable bonds is 3. The quantitative estimate of drug-likeness (QED) is 0.852. The Morgan fingerprint density at radius 1 is 1.62 bits per heavy atom. The first-order valence-electron chi connectivity index (χ1n) is 3.84. The first kappa shape index (κ1) is 10.8. The van der Waals surface area contributed by atoms with Crippen LogP contribution in [0.5, 0.6) is 5.75 Å². The first-order chi connectivity index (χ1) is 6.19. The molecule has 0 bridgehead atoms. The van der Waals surface area contributed by atoms with Crippen LogP contribution >= 0.6 is 27.5 Å². The number of methoxy groups -OCH3 is 1. The van der Waals surface area contributed by atoms with Crippen LogP contribution in [0.15, 0.2) is 22.7 Å². The molecule has 0 radical (unpaired) electrons. The fourth-order valence-corrected chi connectivity index (χ4v) is 1.74. The Hall–Kier alpha value is -0.250. The van der Waals surface area contributed by atoms with Gasteiger partial charge in [-0.05, 0) is 33.6 Å². The van der Waals surface area contributed by atoms with Crippen LogP contribution in [0.2, 0.25) is 0 Å². The molecule has 2 nitrogen and oxygen atoms in total. The van der Waals surface area contributed by atoms with Gasteiger partial charge in [-0.2, -0.15) is 0 Å². The van der Waals surface area contributed by atoms with Gasteiger partial charge < -0.3 is 10.5 Å². The van der Waals surface area contributed by atoms with E-state index >= 15 is 0 Å². The maximum Gasteiger partial charge on any atom is 0.133 e. The van der Waals surface area contributed by atoms with Crippen molar-refractivity contribution in [3.05, 3.63) is 28.2 Å². The molecule has 0 aliphatic heterocycles. The molecule has 0 saturated heterocycles. The second-order valence-corrected chi connectivity index (χ2v) is 3.82. The van der Waals surface area contributed by atoms with Gasteiger partial charge in [0, 0.05) is 11.9 Å². The Morgan fingerprint density at radius 2 is 2.31 bits per heavy atom. The van der Waals surface area contributed by atoms with Crippen molar-refractivity contribution in [1.82, 2.24) is 0 Å². The molecule has 0 spiro atoms. The summed E-state index contributed by atoms with van der Waals surface area (Å²) in [4.78, 5) is 0. The lowest BCUT2D eigenvalue weighted by Gasteiger charge is -2.10. The Bertz CT molecular complexity index is 293. The normalized spacial score (nSPS) is 12.6. The highest BCUT2D eigenvalue weighted by Crippen LogP contribution is 2.27. The van der Waals surface area contributed by atoms with E-state index in [-0.39, 0.29) is 6.04 Å². The number of benzene rings is 1. The summed E-state index contributed by atoms with van der Waals surface area (Å²) in [5.74, 6) is 1.21. The zero-order valence-corrected chi connectivity index (χ0v) is 9.60. The lowest BCUT2D eigenvalue weighted by atomic mass is 10.1. The van der Waals surface area contributed by atoms with Crippen LogP contribution in [0.3, 0.4) is 0 Å². The number of nitrogens with two attached hydrogens (primary N) is 1. The molecular formula is C9H11BrClNO. The number of ether oxygens (including phenoxy) is 1. The number of hydrogen-bond acceptors (Lipinski definition) is 2. The SMILES string of the molecule is COc1ccc(C(N)CCl)cc1Br. The van der Waals surface area contributed by atoms with Crippen molar-refractivity contribution in [2.24, 2.45) is 5.73 Å². The van der Waals surface area contributed by atoms with E-state index < -0.39 is 0 Å². The Kier molecular flexibility index (Phi) is 4.03. The van der Waals surface area contributed by atoms with Crippen LogP contribution in [0.1, 0.15) is 11.6 Å². The van der Waals surface area contributed by atoms with Crippen molar-refractivity contribution in [2.75, 3.05) is 13.0 Å². The zero-order chi connectivity index (χ0) is 9.84. The standard InChI is InChI=1S/C9H11BrClNO/c1-13-9-3-2-6(4-7(9)10)8(12)5-11/h2-4,8H,5,12H2,1H3. The molecular weight excluding hydrogens is 253 g/mol. The van der Waals surface area contributed by atoms with Crippen LogP contribution in [0, 0.1) is 0 Å². The van der Waals surface area contributed by atoms with Crippen molar-refractivity contribution < 1.29 is 4.74 Å². The number of hydrogen-bond donors (Lipinski definition) is 1. The summed E-state index contributed by atoms with van der Waals surface area (Å²) in [7, 11) is 1.63. The third-order valence-corrected chi connectivity index (χ3v) is 2.72. The predicted molar refractivity (Wildman–Crippen MR) is 58.3 cm³/mol. The summed E-state index contributed by atoms with van der Waals surface area (Å²) in [5, 5.41) is 0. The van der Waals surface area contributed by atoms with Crippen LogP contribution in [-0.4, -0.2) is 13.0 Å². The molecule has 13 heavy (non-hydrogen) atoms. The van der Waals surface area contributed by atoms with Gasteiger partial charge in [0.25, 0.3) is 0 Å². The van der Waals surface area contributed by atoms with Crippen molar-refractivity contribution in [3.63, 3.8) is 0 Å². The average Bonchev–Trinajstić information content (AvgIpc) is 2.16. The van der Waals surface area contributed by atoms with Gasteiger partial charge >= 0.3 is 0 Å². The van der Waals surface area contributed by atoms with Gasteiger partial charge in [0.05, 0.1) is 11.6 Å². The monoisotopic (exact) mass is 263 g/mol. The van der Waals surface area contributed by atoms with E-state index in [1.807, 2.05) is 18.2 Å². The fourth-order valence-electron chi connectivity index (χ4n) is 1.00. The minimum absolute atomic E-state index is 0.121. The molecule has 0 heterocycles. The van der Waals surface area contributed by atoms with Gasteiger partial charge in [-0.1, -0.05) is 6.07 Å². The summed E-state index contributed by atoms with van der Waals surface area (Å²) >= 11 is 9.02. The molecule has 0 saturated carbocycles. The molecule has 0 fully saturated rings. The van der Waals surface area contributed by atoms with E-state index in [4.69, 9.17) is 22.1 Å². The lowest BCUT2D eigenvalue weighted by molar-refractivity contribution is 0.412. The molecule has 0 amide bonds. The molecule has 1 unspecified atom stereocenters. The topological polar surface area (TPSA) is 35.2 Å². The summed E-state index contributed by atoms with van der Waals surface area (Å²) in [5.41, 5.74) is 6.76. The van der Waals surface area contributed by atoms with E-state index in [9.17, 15) is 0 Å². The predicted octanol–water partition coefficient (Wildman–Crippen LogP) is 2.70. The van der Waals surface area contributed by atoms with Crippen LogP contribution < -0.4 is 10.5 Å². The van der Waals surface area contributed by atoms with E-state index in [2.05, 4.69) is 15.9 Å². The van der Waals surface area contributed by atoms with Crippen molar-refractivity contribution >= 4 is 27.5 Å². The molecule has 1 aromatic carbocycles. The zero-order valence-electron chi connectivity index (χ0n) is 7.26. The second-order valence-electron chi connectivity index (χ2n) is 2.65. The van der Waals surface area contributed by atoms with E-state index in [0.717, 1.165) is 15.8 Å². The molecule has 1 rings (SSSR count). The number of halogens is 2. The fraction of sp³-hybridized carbons (Fsp3) is 0.333. The highest BCUT2D eigenvalue weighted by molar-refractivity contribution is 9.10. The largest absolute Gasteiger partial charge is 0.496 e. The summed E-state index contributed by atoms with van der Waals surface area (Å²) < 4.78 is 5.99. The Balaban J connectivity index is 2.95. The maximum atomic E-state index is 5.76. The molecule has 4 heteroatoms. The number of alkyl halides is 1. The molecule has 1 atom stereocenters. The Morgan fingerprint density at radius 3 is 2.77 bits per heavy atom.